The van der Waals surface area contributed by atoms with E-state index in [0.717, 1.165) is 84.2 Å². The molecule has 10 heteroatoms. The maximum atomic E-state index is 13.4. The molecule has 0 aromatic rings. The summed E-state index contributed by atoms with van der Waals surface area (Å²) in [5.41, 5.74) is 0. The molecule has 5 atom stereocenters. The van der Waals surface area contributed by atoms with Crippen molar-refractivity contribution in [3.63, 3.8) is 0 Å². The number of hydrogen-bond acceptors (Lipinski definition) is 4. The number of alkyl halides is 6. The van der Waals surface area contributed by atoms with Crippen molar-refractivity contribution in [3.8, 4) is 0 Å². The Bertz CT molecular complexity index is 769. The van der Waals surface area contributed by atoms with Gasteiger partial charge in [0.15, 0.2) is 0 Å². The lowest BCUT2D eigenvalue weighted by atomic mass is 9.91. The fraction of sp³-hybridized carbons (Fsp3) is 1.00. The topological polar surface area (TPSA) is 13.0 Å². The van der Waals surface area contributed by atoms with Gasteiger partial charge in [0.1, 0.15) is 12.3 Å². The van der Waals surface area contributed by atoms with Crippen LogP contribution < -0.4 is 0 Å². The summed E-state index contributed by atoms with van der Waals surface area (Å²) in [5.74, 6) is -3.87. The van der Waals surface area contributed by atoms with Gasteiger partial charge in [-0.2, -0.15) is 0 Å². The molecule has 0 aromatic heterocycles. The molecule has 0 aliphatic carbocycles. The lowest BCUT2D eigenvalue weighted by Crippen LogP contribution is -2.47. The Labute approximate surface area is 360 Å². The molecular formula is C48H104F6N4. The van der Waals surface area contributed by atoms with Gasteiger partial charge in [0.2, 0.25) is 0 Å². The minimum absolute atomic E-state index is 0.0397. The van der Waals surface area contributed by atoms with Crippen LogP contribution in [0.4, 0.5) is 26.3 Å². The zero-order valence-electron chi connectivity index (χ0n) is 41.9. The van der Waals surface area contributed by atoms with E-state index in [4.69, 9.17) is 0 Å². The van der Waals surface area contributed by atoms with Crippen molar-refractivity contribution in [1.29, 1.82) is 0 Å². The molecule has 0 amide bonds. The summed E-state index contributed by atoms with van der Waals surface area (Å²) in [4.78, 5) is 8.49. The summed E-state index contributed by atoms with van der Waals surface area (Å²) in [6.45, 7) is 43.2. The van der Waals surface area contributed by atoms with E-state index in [1.807, 2.05) is 88.0 Å². The molecule has 4 saturated heterocycles. The molecule has 4 rings (SSSR count). The van der Waals surface area contributed by atoms with E-state index in [0.29, 0.717) is 50.5 Å². The van der Waals surface area contributed by atoms with Crippen LogP contribution >= 0.6 is 0 Å². The van der Waals surface area contributed by atoms with Gasteiger partial charge in [-0.05, 0) is 103 Å². The molecule has 0 bridgehead atoms. The van der Waals surface area contributed by atoms with Crippen LogP contribution in [0.25, 0.3) is 0 Å². The molecule has 358 valence electrons. The van der Waals surface area contributed by atoms with Gasteiger partial charge < -0.3 is 14.7 Å². The monoisotopic (exact) mass is 851 g/mol. The second kappa shape index (κ2) is 44.5. The first-order chi connectivity index (χ1) is 27.7. The average molecular weight is 851 g/mol. The van der Waals surface area contributed by atoms with Gasteiger partial charge in [-0.3, -0.25) is 4.90 Å². The van der Waals surface area contributed by atoms with E-state index in [9.17, 15) is 26.3 Å². The van der Waals surface area contributed by atoms with Crippen molar-refractivity contribution in [2.75, 3.05) is 72.0 Å². The molecular weight excluding hydrogens is 747 g/mol. The second-order valence-electron chi connectivity index (χ2n) is 14.9. The summed E-state index contributed by atoms with van der Waals surface area (Å²) in [6.07, 6.45) is 9.25. The number of hydrogen-bond donors (Lipinski definition) is 0. The molecule has 58 heavy (non-hydrogen) atoms. The van der Waals surface area contributed by atoms with Crippen LogP contribution in [0.5, 0.6) is 0 Å². The highest BCUT2D eigenvalue weighted by molar-refractivity contribution is 4.83. The molecule has 0 aromatic carbocycles. The third-order valence-electron chi connectivity index (χ3n) is 10.3. The first kappa shape index (κ1) is 66.5. The van der Waals surface area contributed by atoms with Crippen LogP contribution in [0.15, 0.2) is 0 Å². The quantitative estimate of drug-likeness (QED) is 0.192. The summed E-state index contributed by atoms with van der Waals surface area (Å²) >= 11 is 0. The maximum absolute atomic E-state index is 13.4. The molecule has 0 radical (unpaired) electrons. The van der Waals surface area contributed by atoms with E-state index in [1.54, 1.807) is 0 Å². The Morgan fingerprint density at radius 2 is 1.02 bits per heavy atom. The van der Waals surface area contributed by atoms with Crippen molar-refractivity contribution >= 4 is 0 Å². The van der Waals surface area contributed by atoms with Crippen LogP contribution in [0.1, 0.15) is 201 Å². The third kappa shape index (κ3) is 35.1. The van der Waals surface area contributed by atoms with E-state index < -0.39 is 24.2 Å². The standard InChI is InChI=1S/C11H22FN.C10H20FN.C9H17F2N.C8H15F2N.5C2H6/c1-3-5-10-7-11(12)9-13(8-10)6-4-2;1-3-5-9-6-7-12(4-2)8-10(9)11;1-3-6-12-7-9(10,11)5-4-8(12)2;1-2-5-11-6-3-8(9,10)4-7-11;5*1-2/h10-11H,3-9H2,1-2H3;9-10H,3-8H2,1-2H3;8H,3-7H2,1-2H3;2-7H2,1H3;5*1-2H3. The lowest BCUT2D eigenvalue weighted by molar-refractivity contribution is -0.0795. The number of rotatable bonds is 11. The predicted molar refractivity (Wildman–Crippen MR) is 248 cm³/mol. The van der Waals surface area contributed by atoms with E-state index in [1.165, 1.54) is 12.8 Å². The molecule has 4 aliphatic rings. The van der Waals surface area contributed by atoms with E-state index in [-0.39, 0.29) is 25.8 Å². The molecule has 0 N–H and O–H groups in total. The van der Waals surface area contributed by atoms with Crippen LogP contribution in [0.3, 0.4) is 0 Å². The molecule has 0 saturated carbocycles. The largest absolute Gasteiger partial charge is 0.303 e. The van der Waals surface area contributed by atoms with Crippen LogP contribution in [-0.4, -0.2) is 122 Å². The summed E-state index contributed by atoms with van der Waals surface area (Å²) in [5, 5.41) is 0. The predicted octanol–water partition coefficient (Wildman–Crippen LogP) is 15.1. The molecule has 4 fully saturated rings. The van der Waals surface area contributed by atoms with Gasteiger partial charge >= 0.3 is 0 Å². The molecule has 4 heterocycles. The third-order valence-corrected chi connectivity index (χ3v) is 10.3. The van der Waals surface area contributed by atoms with Crippen molar-refractivity contribution < 1.29 is 26.3 Å². The summed E-state index contributed by atoms with van der Waals surface area (Å²) < 4.78 is 77.7. The SMILES string of the molecule is CC.CC.CC.CC.CC.CCCC1CC(F)CN(CCC)C1.CCCC1CCN(CC)CC1F.CCCN1CC(F)(F)CCC1C.CCCN1CCC(F)(F)CC1. The fourth-order valence-corrected chi connectivity index (χ4v) is 7.49. The number of nitrogens with zero attached hydrogens (tertiary/aromatic N) is 4. The van der Waals surface area contributed by atoms with Crippen LogP contribution in [0.2, 0.25) is 0 Å². The summed E-state index contributed by atoms with van der Waals surface area (Å²) in [6, 6.07) is 0.338. The minimum atomic E-state index is -2.44. The highest BCUT2D eigenvalue weighted by Crippen LogP contribution is 2.30. The van der Waals surface area contributed by atoms with Gasteiger partial charge in [0, 0.05) is 58.0 Å². The molecule has 4 nitrogen and oxygen atoms in total. The first-order valence-electron chi connectivity index (χ1n) is 24.7. The van der Waals surface area contributed by atoms with Gasteiger partial charge in [0.25, 0.3) is 11.8 Å². The van der Waals surface area contributed by atoms with Gasteiger partial charge in [-0.25, -0.2) is 26.3 Å². The highest BCUT2D eigenvalue weighted by atomic mass is 19.3. The Balaban J connectivity index is -0.000000200. The summed E-state index contributed by atoms with van der Waals surface area (Å²) in [7, 11) is 0. The Hall–Kier alpha value is -0.580. The van der Waals surface area contributed by atoms with E-state index in [2.05, 4.69) is 49.3 Å². The van der Waals surface area contributed by atoms with Crippen molar-refractivity contribution in [2.45, 2.75) is 231 Å². The van der Waals surface area contributed by atoms with Gasteiger partial charge in [0.05, 0.1) is 6.54 Å². The van der Waals surface area contributed by atoms with Crippen LogP contribution in [-0.2, 0) is 0 Å². The fourth-order valence-electron chi connectivity index (χ4n) is 7.49. The second-order valence-corrected chi connectivity index (χ2v) is 14.9. The zero-order chi connectivity index (χ0) is 46.2. The van der Waals surface area contributed by atoms with Gasteiger partial charge in [-0.1, -0.05) is 124 Å². The number of halogens is 6. The van der Waals surface area contributed by atoms with Crippen LogP contribution in [0, 0.1) is 11.8 Å². The Morgan fingerprint density at radius 3 is 1.47 bits per heavy atom. The number of likely N-dealkylation sites (tertiary alicyclic amines) is 4. The minimum Gasteiger partial charge on any atom is -0.303 e. The zero-order valence-corrected chi connectivity index (χ0v) is 41.9. The Morgan fingerprint density at radius 1 is 0.517 bits per heavy atom. The lowest BCUT2D eigenvalue weighted by Gasteiger charge is -2.37. The Kier molecular flexibility index (Phi) is 51.0. The van der Waals surface area contributed by atoms with Crippen molar-refractivity contribution in [1.82, 2.24) is 19.6 Å². The van der Waals surface area contributed by atoms with Crippen molar-refractivity contribution in [2.24, 2.45) is 11.8 Å². The van der Waals surface area contributed by atoms with Crippen molar-refractivity contribution in [3.05, 3.63) is 0 Å². The average Bonchev–Trinajstić information content (AvgIpc) is 3.23. The molecule has 4 aliphatic heterocycles. The van der Waals surface area contributed by atoms with E-state index >= 15 is 0 Å². The first-order valence-corrected chi connectivity index (χ1v) is 24.7. The maximum Gasteiger partial charge on any atom is 0.260 e. The normalized spacial score (nSPS) is 25.2. The highest BCUT2D eigenvalue weighted by Gasteiger charge is 2.38. The molecule has 0 spiro atoms. The smallest absolute Gasteiger partial charge is 0.260 e. The molecule has 5 unspecified atom stereocenters. The number of piperidine rings is 4. The van der Waals surface area contributed by atoms with Gasteiger partial charge in [-0.15, -0.1) is 0 Å².